The van der Waals surface area contributed by atoms with Crippen molar-refractivity contribution in [2.24, 2.45) is 0 Å². The number of carbonyl (C=O) groups excluding carboxylic acids is 2. The molecule has 1 atom stereocenters. The minimum Gasteiger partial charge on any atom is -0.503 e. The number of phenols is 1. The van der Waals surface area contributed by atoms with Crippen LogP contribution in [0.25, 0.3) is 0 Å². The zero-order valence-corrected chi connectivity index (χ0v) is 16.0. The molecule has 7 nitrogen and oxygen atoms in total. The predicted molar refractivity (Wildman–Crippen MR) is 103 cm³/mol. The third-order valence-electron chi connectivity index (χ3n) is 4.34. The minimum absolute atomic E-state index is 0.0206. The monoisotopic (exact) mass is 402 g/mol. The fourth-order valence-electron chi connectivity index (χ4n) is 2.95. The summed E-state index contributed by atoms with van der Waals surface area (Å²) < 4.78 is 10.5. The van der Waals surface area contributed by atoms with Crippen molar-refractivity contribution in [2.75, 3.05) is 7.11 Å². The summed E-state index contributed by atoms with van der Waals surface area (Å²) in [6.07, 6.45) is 0. The van der Waals surface area contributed by atoms with Gasteiger partial charge in [-0.05, 0) is 18.6 Å². The first-order valence-corrected chi connectivity index (χ1v) is 8.84. The Morgan fingerprint density at radius 3 is 2.61 bits per heavy atom. The summed E-state index contributed by atoms with van der Waals surface area (Å²) in [6.45, 7) is 1.68. The van der Waals surface area contributed by atoms with Gasteiger partial charge >= 0.3 is 12.0 Å². The molecule has 3 rings (SSSR count). The minimum atomic E-state index is -0.888. The molecular weight excluding hydrogens is 384 g/mol. The lowest BCUT2D eigenvalue weighted by Gasteiger charge is -2.29. The van der Waals surface area contributed by atoms with Gasteiger partial charge in [-0.3, -0.25) is 0 Å². The number of rotatable bonds is 5. The van der Waals surface area contributed by atoms with Gasteiger partial charge in [-0.2, -0.15) is 0 Å². The van der Waals surface area contributed by atoms with E-state index in [1.54, 1.807) is 13.0 Å². The lowest BCUT2D eigenvalue weighted by molar-refractivity contribution is -0.140. The molecule has 0 aromatic heterocycles. The Morgan fingerprint density at radius 2 is 1.93 bits per heavy atom. The molecule has 8 heteroatoms. The standard InChI is InChI=1S/C20H19ClN2O5/c1-11-15(19(25)28-10-12-6-4-3-5-7-12)17(23-20(26)22-11)13-8-9-14(27-2)18(24)16(13)21/h3-9,17,24H,10H2,1-2H3,(H2,22,23,26). The molecule has 0 spiro atoms. The maximum absolute atomic E-state index is 12.8. The number of allylic oxidation sites excluding steroid dienone is 1. The predicted octanol–water partition coefficient (Wildman–Crippen LogP) is 3.43. The number of nitrogens with one attached hydrogen (secondary N) is 2. The van der Waals surface area contributed by atoms with Gasteiger partial charge in [0.15, 0.2) is 11.5 Å². The van der Waals surface area contributed by atoms with Gasteiger partial charge in [-0.1, -0.05) is 48.0 Å². The van der Waals surface area contributed by atoms with Gasteiger partial charge in [0.25, 0.3) is 0 Å². The fraction of sp³-hybridized carbons (Fsp3) is 0.200. The van der Waals surface area contributed by atoms with Crippen LogP contribution < -0.4 is 15.4 Å². The topological polar surface area (TPSA) is 96.9 Å². The Bertz CT molecular complexity index is 943. The Labute approximate surface area is 166 Å². The number of urea groups is 1. The van der Waals surface area contributed by atoms with Crippen LogP contribution in [0, 0.1) is 0 Å². The second kappa shape index (κ2) is 8.22. The summed E-state index contributed by atoms with van der Waals surface area (Å²) >= 11 is 6.27. The molecule has 0 aliphatic carbocycles. The molecule has 0 bridgehead atoms. The molecule has 2 aromatic carbocycles. The van der Waals surface area contributed by atoms with Crippen molar-refractivity contribution in [3.63, 3.8) is 0 Å². The number of ether oxygens (including phenoxy) is 2. The Morgan fingerprint density at radius 1 is 1.21 bits per heavy atom. The lowest BCUT2D eigenvalue weighted by atomic mass is 9.95. The van der Waals surface area contributed by atoms with Crippen LogP contribution >= 0.6 is 11.6 Å². The van der Waals surface area contributed by atoms with E-state index in [2.05, 4.69) is 10.6 Å². The summed E-state index contributed by atoms with van der Waals surface area (Å²) in [5.41, 5.74) is 1.72. The first-order chi connectivity index (χ1) is 13.4. The van der Waals surface area contributed by atoms with Crippen LogP contribution in [0.3, 0.4) is 0 Å². The van der Waals surface area contributed by atoms with E-state index in [9.17, 15) is 14.7 Å². The van der Waals surface area contributed by atoms with Crippen molar-refractivity contribution >= 4 is 23.6 Å². The molecule has 3 N–H and O–H groups in total. The Balaban J connectivity index is 1.93. The highest BCUT2D eigenvalue weighted by Crippen LogP contribution is 2.41. The van der Waals surface area contributed by atoms with Gasteiger partial charge in [0.1, 0.15) is 6.61 Å². The summed E-state index contributed by atoms with van der Waals surface area (Å²) in [4.78, 5) is 24.8. The number of esters is 1. The van der Waals surface area contributed by atoms with Crippen molar-refractivity contribution in [1.82, 2.24) is 10.6 Å². The normalized spacial score (nSPS) is 16.2. The molecule has 1 aliphatic rings. The Hall–Kier alpha value is -3.19. The third-order valence-corrected chi connectivity index (χ3v) is 4.74. The molecule has 0 saturated heterocycles. The maximum Gasteiger partial charge on any atom is 0.338 e. The largest absolute Gasteiger partial charge is 0.503 e. The zero-order valence-electron chi connectivity index (χ0n) is 15.3. The third kappa shape index (κ3) is 3.89. The van der Waals surface area contributed by atoms with E-state index >= 15 is 0 Å². The van der Waals surface area contributed by atoms with Crippen molar-refractivity contribution in [2.45, 2.75) is 19.6 Å². The van der Waals surface area contributed by atoms with E-state index in [-0.39, 0.29) is 28.7 Å². The molecule has 2 amide bonds. The molecule has 1 heterocycles. The van der Waals surface area contributed by atoms with E-state index < -0.39 is 18.0 Å². The summed E-state index contributed by atoms with van der Waals surface area (Å²) in [5.74, 6) is -0.697. The number of carbonyl (C=O) groups is 2. The van der Waals surface area contributed by atoms with Crippen LogP contribution in [-0.4, -0.2) is 24.2 Å². The molecule has 0 radical (unpaired) electrons. The van der Waals surface area contributed by atoms with Crippen molar-refractivity contribution in [3.05, 3.63) is 69.9 Å². The molecule has 0 fully saturated rings. The van der Waals surface area contributed by atoms with Gasteiger partial charge in [0, 0.05) is 11.3 Å². The highest BCUT2D eigenvalue weighted by molar-refractivity contribution is 6.33. The van der Waals surface area contributed by atoms with Crippen LogP contribution in [0.4, 0.5) is 4.79 Å². The molecular formula is C20H19ClN2O5. The van der Waals surface area contributed by atoms with E-state index in [0.717, 1.165) is 5.56 Å². The first kappa shape index (κ1) is 19.6. The molecule has 146 valence electrons. The molecule has 0 saturated carbocycles. The maximum atomic E-state index is 12.8. The van der Waals surface area contributed by atoms with Gasteiger partial charge in [0.2, 0.25) is 0 Å². The fourth-order valence-corrected chi connectivity index (χ4v) is 3.21. The second-order valence-corrected chi connectivity index (χ2v) is 6.53. The first-order valence-electron chi connectivity index (χ1n) is 8.47. The van der Waals surface area contributed by atoms with Crippen LogP contribution in [-0.2, 0) is 16.1 Å². The number of methoxy groups -OCH3 is 1. The van der Waals surface area contributed by atoms with Crippen LogP contribution in [0.2, 0.25) is 5.02 Å². The number of phenolic OH excluding ortho intramolecular Hbond substituents is 1. The Kier molecular flexibility index (Phi) is 5.75. The van der Waals surface area contributed by atoms with Gasteiger partial charge in [-0.25, -0.2) is 9.59 Å². The van der Waals surface area contributed by atoms with Crippen molar-refractivity contribution in [3.8, 4) is 11.5 Å². The number of amides is 2. The number of hydrogen-bond acceptors (Lipinski definition) is 5. The van der Waals surface area contributed by atoms with Crippen molar-refractivity contribution in [1.29, 1.82) is 0 Å². The lowest BCUT2D eigenvalue weighted by Crippen LogP contribution is -2.45. The number of benzene rings is 2. The highest BCUT2D eigenvalue weighted by atomic mass is 35.5. The second-order valence-electron chi connectivity index (χ2n) is 6.15. The van der Waals surface area contributed by atoms with E-state index in [1.165, 1.54) is 13.2 Å². The molecule has 1 unspecified atom stereocenters. The molecule has 1 aliphatic heterocycles. The van der Waals surface area contributed by atoms with Crippen LogP contribution in [0.5, 0.6) is 11.5 Å². The quantitative estimate of drug-likeness (QED) is 0.666. The molecule has 28 heavy (non-hydrogen) atoms. The average molecular weight is 403 g/mol. The number of halogens is 1. The number of aromatic hydroxyl groups is 1. The average Bonchev–Trinajstić information content (AvgIpc) is 2.68. The SMILES string of the molecule is COc1ccc(C2NC(=O)NC(C)=C2C(=O)OCc2ccccc2)c(Cl)c1O. The van der Waals surface area contributed by atoms with E-state index in [4.69, 9.17) is 21.1 Å². The summed E-state index contributed by atoms with van der Waals surface area (Å²) in [7, 11) is 1.40. The number of hydrogen-bond donors (Lipinski definition) is 3. The smallest absolute Gasteiger partial charge is 0.338 e. The van der Waals surface area contributed by atoms with Crippen LogP contribution in [0.15, 0.2) is 53.7 Å². The zero-order chi connectivity index (χ0) is 20.3. The van der Waals surface area contributed by atoms with E-state index in [1.807, 2.05) is 30.3 Å². The van der Waals surface area contributed by atoms with Gasteiger partial charge in [-0.15, -0.1) is 0 Å². The molecule has 2 aromatic rings. The van der Waals surface area contributed by atoms with Gasteiger partial charge < -0.3 is 25.2 Å². The van der Waals surface area contributed by atoms with Crippen molar-refractivity contribution < 1.29 is 24.2 Å². The highest BCUT2D eigenvalue weighted by Gasteiger charge is 2.34. The van der Waals surface area contributed by atoms with Crippen LogP contribution in [0.1, 0.15) is 24.1 Å². The summed E-state index contributed by atoms with van der Waals surface area (Å²) in [6, 6.07) is 10.9. The van der Waals surface area contributed by atoms with Gasteiger partial charge in [0.05, 0.1) is 23.7 Å². The summed E-state index contributed by atoms with van der Waals surface area (Å²) in [5, 5.41) is 15.4. The van der Waals surface area contributed by atoms with E-state index in [0.29, 0.717) is 11.3 Å².